The van der Waals surface area contributed by atoms with E-state index in [1.54, 1.807) is 0 Å². The number of carboxylic acid groups (broad SMARTS) is 1. The van der Waals surface area contributed by atoms with Crippen LogP contribution in [0.15, 0.2) is 0 Å². The molecule has 1 aliphatic heterocycles. The van der Waals surface area contributed by atoms with Crippen molar-refractivity contribution in [1.29, 1.82) is 0 Å². The minimum atomic E-state index is -5.19. The third-order valence-corrected chi connectivity index (χ3v) is 1.55. The lowest BCUT2D eigenvalue weighted by molar-refractivity contribution is -0.708. The molecule has 0 aromatic rings. The summed E-state index contributed by atoms with van der Waals surface area (Å²) in [6, 6.07) is 0. The SMILES string of the molecule is C1CCN[NH2+]CC1.O=C([O-])C(F)(F)F. The molecule has 0 saturated carbocycles. The first kappa shape index (κ1) is 13.2. The number of nitrogens with one attached hydrogen (secondary N) is 1. The summed E-state index contributed by atoms with van der Waals surface area (Å²) < 4.78 is 31.5. The number of quaternary nitrogens is 1. The molecule has 0 atom stereocenters. The van der Waals surface area contributed by atoms with Gasteiger partial charge in [-0.15, -0.1) is 0 Å². The minimum absolute atomic E-state index is 1.19. The highest BCUT2D eigenvalue weighted by molar-refractivity contribution is 5.70. The highest BCUT2D eigenvalue weighted by Crippen LogP contribution is 2.11. The largest absolute Gasteiger partial charge is 0.542 e. The van der Waals surface area contributed by atoms with Gasteiger partial charge in [0.1, 0.15) is 5.97 Å². The molecule has 0 radical (unpaired) electrons. The van der Waals surface area contributed by atoms with Crippen molar-refractivity contribution in [3.8, 4) is 0 Å². The van der Waals surface area contributed by atoms with Crippen LogP contribution in [0, 0.1) is 0 Å². The quantitative estimate of drug-likeness (QED) is 0.484. The van der Waals surface area contributed by atoms with Crippen LogP contribution in [0.1, 0.15) is 19.3 Å². The maximum absolute atomic E-state index is 10.5. The van der Waals surface area contributed by atoms with Crippen LogP contribution < -0.4 is 16.0 Å². The average Bonchev–Trinajstić information content (AvgIpc) is 2.33. The van der Waals surface area contributed by atoms with Gasteiger partial charge in [-0.25, -0.2) is 0 Å². The Morgan fingerprint density at radius 2 is 1.86 bits per heavy atom. The maximum Gasteiger partial charge on any atom is 0.430 e. The zero-order valence-corrected chi connectivity index (χ0v) is 7.56. The van der Waals surface area contributed by atoms with Crippen molar-refractivity contribution in [3.63, 3.8) is 0 Å². The Labute approximate surface area is 79.5 Å². The van der Waals surface area contributed by atoms with Crippen molar-refractivity contribution in [2.24, 2.45) is 0 Å². The Morgan fingerprint density at radius 1 is 1.29 bits per heavy atom. The van der Waals surface area contributed by atoms with E-state index in [1.165, 1.54) is 32.4 Å². The van der Waals surface area contributed by atoms with Crippen molar-refractivity contribution in [1.82, 2.24) is 5.43 Å². The average molecular weight is 214 g/mol. The van der Waals surface area contributed by atoms with Crippen LogP contribution in [0.3, 0.4) is 0 Å². The summed E-state index contributed by atoms with van der Waals surface area (Å²) in [4.78, 5) is 8.78. The number of carbonyl (C=O) groups is 1. The molecule has 4 nitrogen and oxygen atoms in total. The van der Waals surface area contributed by atoms with Gasteiger partial charge in [0, 0.05) is 6.54 Å². The van der Waals surface area contributed by atoms with Gasteiger partial charge in [-0.05, 0) is 19.3 Å². The van der Waals surface area contributed by atoms with Gasteiger partial charge in [-0.1, -0.05) is 0 Å². The van der Waals surface area contributed by atoms with E-state index in [9.17, 15) is 13.2 Å². The highest BCUT2D eigenvalue weighted by Gasteiger charge is 2.28. The molecule has 7 heteroatoms. The van der Waals surface area contributed by atoms with Gasteiger partial charge in [0.15, 0.2) is 0 Å². The van der Waals surface area contributed by atoms with Crippen molar-refractivity contribution in [3.05, 3.63) is 0 Å². The number of nitrogens with two attached hydrogens (primary N) is 1. The number of halogens is 3. The molecule has 0 aliphatic carbocycles. The Kier molecular flexibility index (Phi) is 6.22. The summed E-state index contributed by atoms with van der Waals surface area (Å²) in [5, 5.41) is 8.78. The Bertz CT molecular complexity index is 153. The summed E-state index contributed by atoms with van der Waals surface area (Å²) in [5.41, 5.74) is 5.40. The number of carbonyl (C=O) groups excluding carboxylic acids is 1. The van der Waals surface area contributed by atoms with Gasteiger partial charge in [0.2, 0.25) is 0 Å². The van der Waals surface area contributed by atoms with Gasteiger partial charge in [0.05, 0.1) is 6.54 Å². The van der Waals surface area contributed by atoms with E-state index in [0.29, 0.717) is 0 Å². The predicted octanol–water partition coefficient (Wildman–Crippen LogP) is -1.46. The van der Waals surface area contributed by atoms with Gasteiger partial charge in [-0.2, -0.15) is 18.6 Å². The number of hydrogen-bond acceptors (Lipinski definition) is 3. The molecule has 0 aromatic heterocycles. The molecule has 1 fully saturated rings. The Hall–Kier alpha value is -0.820. The molecule has 0 amide bonds. The van der Waals surface area contributed by atoms with Crippen molar-refractivity contribution < 1.29 is 28.5 Å². The molecule has 3 N–H and O–H groups in total. The van der Waals surface area contributed by atoms with Crippen molar-refractivity contribution in [2.45, 2.75) is 25.4 Å². The first-order valence-electron chi connectivity index (χ1n) is 4.28. The summed E-state index contributed by atoms with van der Waals surface area (Å²) >= 11 is 0. The number of aliphatic carboxylic acids is 1. The lowest BCUT2D eigenvalue weighted by Crippen LogP contribution is -2.92. The van der Waals surface area contributed by atoms with Crippen molar-refractivity contribution >= 4 is 5.97 Å². The van der Waals surface area contributed by atoms with Crippen LogP contribution in [-0.2, 0) is 4.79 Å². The minimum Gasteiger partial charge on any atom is -0.542 e. The number of carboxylic acids is 1. The van der Waals surface area contributed by atoms with Crippen LogP contribution in [0.5, 0.6) is 0 Å². The Balaban J connectivity index is 0.000000241. The highest BCUT2D eigenvalue weighted by atomic mass is 19.4. The van der Waals surface area contributed by atoms with Gasteiger partial charge < -0.3 is 9.90 Å². The molecule has 1 heterocycles. The summed E-state index contributed by atoms with van der Waals surface area (Å²) in [7, 11) is 0. The summed E-state index contributed by atoms with van der Waals surface area (Å²) in [5.74, 6) is -3.01. The molecule has 0 spiro atoms. The number of alkyl halides is 3. The van der Waals surface area contributed by atoms with Crippen LogP contribution >= 0.6 is 0 Å². The number of hydrogen-bond donors (Lipinski definition) is 2. The van der Waals surface area contributed by atoms with Gasteiger partial charge >= 0.3 is 6.18 Å². The molecule has 1 aliphatic rings. The van der Waals surface area contributed by atoms with E-state index in [2.05, 4.69) is 10.9 Å². The van der Waals surface area contributed by atoms with E-state index in [1.807, 2.05) is 0 Å². The molecule has 1 saturated heterocycles. The zero-order chi connectivity index (χ0) is 11.0. The summed E-state index contributed by atoms with van der Waals surface area (Å²) in [6.07, 6.45) is -1.05. The third kappa shape index (κ3) is 7.81. The second-order valence-corrected chi connectivity index (χ2v) is 2.79. The topological polar surface area (TPSA) is 68.8 Å². The van der Waals surface area contributed by atoms with Gasteiger partial charge in [-0.3, -0.25) is 5.43 Å². The first-order chi connectivity index (χ1) is 6.44. The normalized spacial score (nSPS) is 17.6. The van der Waals surface area contributed by atoms with E-state index < -0.39 is 12.1 Å². The first-order valence-corrected chi connectivity index (χ1v) is 4.28. The fraction of sp³-hybridized carbons (Fsp3) is 0.857. The van der Waals surface area contributed by atoms with Crippen LogP contribution in [0.25, 0.3) is 0 Å². The molecule has 0 aromatic carbocycles. The second kappa shape index (κ2) is 6.61. The predicted molar refractivity (Wildman–Crippen MR) is 39.7 cm³/mol. The smallest absolute Gasteiger partial charge is 0.430 e. The summed E-state index contributed by atoms with van der Waals surface area (Å²) in [6.45, 7) is 2.46. The molecule has 0 bridgehead atoms. The van der Waals surface area contributed by atoms with Gasteiger partial charge in [0.25, 0.3) is 0 Å². The maximum atomic E-state index is 10.5. The molecular formula is C7H13F3N2O2. The standard InChI is InChI=1S/C5H12N2.C2HF3O2/c1-2-4-6-7-5-3-1;3-2(4,5)1(6)7/h6-7H,1-5H2;(H,6,7). The lowest BCUT2D eigenvalue weighted by atomic mass is 10.2. The monoisotopic (exact) mass is 214 g/mol. The van der Waals surface area contributed by atoms with E-state index in [-0.39, 0.29) is 0 Å². The lowest BCUT2D eigenvalue weighted by Gasteiger charge is -2.03. The van der Waals surface area contributed by atoms with Crippen LogP contribution in [0.4, 0.5) is 13.2 Å². The Morgan fingerprint density at radius 3 is 2.36 bits per heavy atom. The number of rotatable bonds is 0. The second-order valence-electron chi connectivity index (χ2n) is 2.79. The van der Waals surface area contributed by atoms with E-state index >= 15 is 0 Å². The molecule has 0 unspecified atom stereocenters. The van der Waals surface area contributed by atoms with Crippen LogP contribution in [0.2, 0.25) is 0 Å². The fourth-order valence-corrected chi connectivity index (χ4v) is 0.854. The fourth-order valence-electron chi connectivity index (χ4n) is 0.854. The van der Waals surface area contributed by atoms with Crippen molar-refractivity contribution in [2.75, 3.05) is 13.1 Å². The molecule has 14 heavy (non-hydrogen) atoms. The third-order valence-electron chi connectivity index (χ3n) is 1.55. The zero-order valence-electron chi connectivity index (χ0n) is 7.56. The molecule has 84 valence electrons. The van der Waals surface area contributed by atoms with Crippen LogP contribution in [-0.4, -0.2) is 25.2 Å². The molecule has 1 rings (SSSR count). The van der Waals surface area contributed by atoms with E-state index in [0.717, 1.165) is 0 Å². The molecular weight excluding hydrogens is 201 g/mol. The van der Waals surface area contributed by atoms with E-state index in [4.69, 9.17) is 9.90 Å².